The molecule has 5 nitrogen and oxygen atoms in total. The number of carbonyl (C=O) groups excluding carboxylic acids is 1. The molecule has 6 heteroatoms. The summed E-state index contributed by atoms with van der Waals surface area (Å²) >= 11 is 0. The molecular formula is C18H18FN3O2. The third-order valence-electron chi connectivity index (χ3n) is 3.55. The number of rotatable bonds is 6. The number of hydrogen-bond acceptors (Lipinski definition) is 3. The van der Waals surface area contributed by atoms with E-state index in [1.807, 2.05) is 13.0 Å². The molecule has 0 aliphatic carbocycles. The van der Waals surface area contributed by atoms with Crippen LogP contribution < -0.4 is 10.1 Å². The van der Waals surface area contributed by atoms with E-state index in [4.69, 9.17) is 4.74 Å². The molecule has 0 unspecified atom stereocenters. The molecule has 0 aliphatic heterocycles. The van der Waals surface area contributed by atoms with E-state index in [-0.39, 0.29) is 11.7 Å². The van der Waals surface area contributed by atoms with Crippen molar-refractivity contribution < 1.29 is 13.9 Å². The van der Waals surface area contributed by atoms with Crippen LogP contribution in [0.1, 0.15) is 23.1 Å². The molecule has 2 N–H and O–H groups in total. The fraction of sp³-hybridized carbons (Fsp3) is 0.222. The molecule has 24 heavy (non-hydrogen) atoms. The largest absolute Gasteiger partial charge is 0.494 e. The molecule has 0 bridgehead atoms. The minimum absolute atomic E-state index is 0.168. The minimum atomic E-state index is -0.305. The molecular weight excluding hydrogens is 309 g/mol. The van der Waals surface area contributed by atoms with Crippen LogP contribution in [0.25, 0.3) is 11.0 Å². The number of amides is 1. The van der Waals surface area contributed by atoms with Crippen LogP contribution in [0.5, 0.6) is 5.75 Å². The molecule has 3 rings (SSSR count). The molecule has 1 amide bonds. The molecule has 0 atom stereocenters. The average molecular weight is 327 g/mol. The highest BCUT2D eigenvalue weighted by atomic mass is 19.1. The van der Waals surface area contributed by atoms with Crippen LogP contribution in [0.15, 0.2) is 42.5 Å². The maximum Gasteiger partial charge on any atom is 0.251 e. The lowest BCUT2D eigenvalue weighted by molar-refractivity contribution is 0.0953. The number of aromatic amines is 1. The summed E-state index contributed by atoms with van der Waals surface area (Å²) in [6, 6.07) is 11.5. The van der Waals surface area contributed by atoms with Crippen LogP contribution in [0, 0.1) is 5.82 Å². The van der Waals surface area contributed by atoms with E-state index in [0.29, 0.717) is 47.7 Å². The number of H-pyrrole nitrogens is 1. The Labute approximate surface area is 138 Å². The number of nitrogens with zero attached hydrogens (tertiary/aromatic N) is 1. The molecule has 0 spiro atoms. The van der Waals surface area contributed by atoms with Gasteiger partial charge in [-0.3, -0.25) is 4.79 Å². The number of benzene rings is 2. The summed E-state index contributed by atoms with van der Waals surface area (Å²) in [5.74, 6) is 0.905. The predicted octanol–water partition coefficient (Wildman–Crippen LogP) is 3.07. The normalized spacial score (nSPS) is 10.8. The first kappa shape index (κ1) is 16.0. The van der Waals surface area contributed by atoms with Gasteiger partial charge in [0.05, 0.1) is 17.6 Å². The Kier molecular flexibility index (Phi) is 4.74. The highest BCUT2D eigenvalue weighted by Gasteiger charge is 2.08. The van der Waals surface area contributed by atoms with Gasteiger partial charge in [-0.1, -0.05) is 6.07 Å². The van der Waals surface area contributed by atoms with E-state index in [1.54, 1.807) is 24.3 Å². The Morgan fingerprint density at radius 3 is 3.00 bits per heavy atom. The van der Waals surface area contributed by atoms with Gasteiger partial charge in [0, 0.05) is 18.5 Å². The van der Waals surface area contributed by atoms with Gasteiger partial charge in [-0.25, -0.2) is 9.37 Å². The van der Waals surface area contributed by atoms with Gasteiger partial charge in [0.25, 0.3) is 5.91 Å². The summed E-state index contributed by atoms with van der Waals surface area (Å²) in [6.07, 6.45) is 0.535. The van der Waals surface area contributed by atoms with Crippen molar-refractivity contribution in [2.75, 3.05) is 13.2 Å². The van der Waals surface area contributed by atoms with Gasteiger partial charge in [-0.2, -0.15) is 0 Å². The van der Waals surface area contributed by atoms with E-state index in [9.17, 15) is 9.18 Å². The standard InChI is InChI=1S/C18H18FN3O2/c1-2-24-14-5-3-4-12(10-14)18(23)20-9-8-17-21-15-7-6-13(19)11-16(15)22-17/h3-7,10-11H,2,8-9H2,1H3,(H,20,23)(H,21,22). The Morgan fingerprint density at radius 1 is 1.29 bits per heavy atom. The van der Waals surface area contributed by atoms with Crippen molar-refractivity contribution in [3.63, 3.8) is 0 Å². The zero-order valence-electron chi connectivity index (χ0n) is 13.3. The number of hydrogen-bond donors (Lipinski definition) is 2. The number of fused-ring (bicyclic) bond motifs is 1. The summed E-state index contributed by atoms with van der Waals surface area (Å²) < 4.78 is 18.6. The second-order valence-electron chi connectivity index (χ2n) is 5.31. The molecule has 3 aromatic rings. The molecule has 1 aromatic heterocycles. The lowest BCUT2D eigenvalue weighted by Gasteiger charge is -2.07. The maximum absolute atomic E-state index is 13.2. The van der Waals surface area contributed by atoms with Crippen LogP contribution >= 0.6 is 0 Å². The van der Waals surface area contributed by atoms with Crippen molar-refractivity contribution in [2.45, 2.75) is 13.3 Å². The zero-order chi connectivity index (χ0) is 16.9. The molecule has 1 heterocycles. The van der Waals surface area contributed by atoms with Crippen molar-refractivity contribution in [2.24, 2.45) is 0 Å². The van der Waals surface area contributed by atoms with Gasteiger partial charge in [-0.15, -0.1) is 0 Å². The first-order chi connectivity index (χ1) is 11.7. The summed E-state index contributed by atoms with van der Waals surface area (Å²) in [5, 5.41) is 2.84. The summed E-state index contributed by atoms with van der Waals surface area (Å²) in [6.45, 7) is 2.88. The molecule has 0 aliphatic rings. The summed E-state index contributed by atoms with van der Waals surface area (Å²) in [4.78, 5) is 19.6. The van der Waals surface area contributed by atoms with Crippen LogP contribution in [0.4, 0.5) is 4.39 Å². The van der Waals surface area contributed by atoms with E-state index in [1.165, 1.54) is 12.1 Å². The van der Waals surface area contributed by atoms with Gasteiger partial charge in [0.2, 0.25) is 0 Å². The fourth-order valence-electron chi connectivity index (χ4n) is 2.44. The second kappa shape index (κ2) is 7.12. The van der Waals surface area contributed by atoms with Crippen molar-refractivity contribution in [3.8, 4) is 5.75 Å². The molecule has 0 saturated heterocycles. The predicted molar refractivity (Wildman–Crippen MR) is 89.7 cm³/mol. The average Bonchev–Trinajstić information content (AvgIpc) is 2.97. The lowest BCUT2D eigenvalue weighted by Crippen LogP contribution is -2.25. The van der Waals surface area contributed by atoms with E-state index >= 15 is 0 Å². The number of imidazole rings is 1. The minimum Gasteiger partial charge on any atom is -0.494 e. The maximum atomic E-state index is 13.2. The molecule has 124 valence electrons. The topological polar surface area (TPSA) is 67.0 Å². The summed E-state index contributed by atoms with van der Waals surface area (Å²) in [7, 11) is 0. The van der Waals surface area contributed by atoms with Crippen molar-refractivity contribution in [1.82, 2.24) is 15.3 Å². The first-order valence-electron chi connectivity index (χ1n) is 7.81. The smallest absolute Gasteiger partial charge is 0.251 e. The van der Waals surface area contributed by atoms with Gasteiger partial charge >= 0.3 is 0 Å². The van der Waals surface area contributed by atoms with E-state index in [0.717, 1.165) is 0 Å². The quantitative estimate of drug-likeness (QED) is 0.731. The fourth-order valence-corrected chi connectivity index (χ4v) is 2.44. The Balaban J connectivity index is 1.58. The highest BCUT2D eigenvalue weighted by Crippen LogP contribution is 2.14. The van der Waals surface area contributed by atoms with Crippen molar-refractivity contribution >= 4 is 16.9 Å². The highest BCUT2D eigenvalue weighted by molar-refractivity contribution is 5.94. The van der Waals surface area contributed by atoms with E-state index in [2.05, 4.69) is 15.3 Å². The SMILES string of the molecule is CCOc1cccc(C(=O)NCCc2nc3ccc(F)cc3[nH]2)c1. The molecule has 0 radical (unpaired) electrons. The van der Waals surface area contributed by atoms with Crippen LogP contribution in [-0.2, 0) is 6.42 Å². The number of ether oxygens (including phenoxy) is 1. The van der Waals surface area contributed by atoms with Crippen LogP contribution in [-0.4, -0.2) is 29.0 Å². The van der Waals surface area contributed by atoms with Gasteiger partial charge < -0.3 is 15.0 Å². The van der Waals surface area contributed by atoms with Crippen LogP contribution in [0.3, 0.4) is 0 Å². The second-order valence-corrected chi connectivity index (χ2v) is 5.31. The number of aromatic nitrogens is 2. The lowest BCUT2D eigenvalue weighted by atomic mass is 10.2. The van der Waals surface area contributed by atoms with Crippen molar-refractivity contribution in [1.29, 1.82) is 0 Å². The number of halogens is 1. The third kappa shape index (κ3) is 3.71. The number of carbonyl (C=O) groups is 1. The molecule has 2 aromatic carbocycles. The first-order valence-corrected chi connectivity index (χ1v) is 7.81. The van der Waals surface area contributed by atoms with Gasteiger partial charge in [0.15, 0.2) is 0 Å². The summed E-state index contributed by atoms with van der Waals surface area (Å²) in [5.41, 5.74) is 1.91. The van der Waals surface area contributed by atoms with Gasteiger partial charge in [-0.05, 0) is 43.3 Å². The van der Waals surface area contributed by atoms with Crippen LogP contribution in [0.2, 0.25) is 0 Å². The van der Waals surface area contributed by atoms with E-state index < -0.39 is 0 Å². The Morgan fingerprint density at radius 2 is 2.17 bits per heavy atom. The Hall–Kier alpha value is -2.89. The molecule has 0 fully saturated rings. The van der Waals surface area contributed by atoms with Gasteiger partial charge in [0.1, 0.15) is 17.4 Å². The molecule has 0 saturated carbocycles. The third-order valence-corrected chi connectivity index (χ3v) is 3.55. The monoisotopic (exact) mass is 327 g/mol. The zero-order valence-corrected chi connectivity index (χ0v) is 13.3. The Bertz CT molecular complexity index is 860. The van der Waals surface area contributed by atoms with Crippen molar-refractivity contribution in [3.05, 3.63) is 59.7 Å². The number of nitrogens with one attached hydrogen (secondary N) is 2.